The number of ether oxygens (including phenoxy) is 1. The average molecular weight is 485 g/mol. The highest BCUT2D eigenvalue weighted by Crippen LogP contribution is 2.30. The van der Waals surface area contributed by atoms with Crippen molar-refractivity contribution in [3.8, 4) is 22.5 Å². The monoisotopic (exact) mass is 484 g/mol. The van der Waals surface area contributed by atoms with Crippen LogP contribution in [0.5, 0.6) is 0 Å². The van der Waals surface area contributed by atoms with Crippen molar-refractivity contribution in [3.63, 3.8) is 0 Å². The summed E-state index contributed by atoms with van der Waals surface area (Å²) in [5.41, 5.74) is 3.13. The maximum Gasteiger partial charge on any atom is 0.329 e. The number of hydrogen-bond donors (Lipinski definition) is 1. The molecule has 8 heteroatoms. The maximum atomic E-state index is 13.4. The number of carbonyl (C=O) groups is 2. The van der Waals surface area contributed by atoms with Crippen LogP contribution in [0.4, 0.5) is 0 Å². The lowest BCUT2D eigenvalue weighted by Crippen LogP contribution is -2.48. The molecule has 186 valence electrons. The summed E-state index contributed by atoms with van der Waals surface area (Å²) >= 11 is 0. The summed E-state index contributed by atoms with van der Waals surface area (Å²) in [4.78, 5) is 28.1. The number of amides is 1. The van der Waals surface area contributed by atoms with Crippen LogP contribution in [0.2, 0.25) is 0 Å². The predicted octanol–water partition coefficient (Wildman–Crippen LogP) is 5.03. The van der Waals surface area contributed by atoms with Gasteiger partial charge in [0.15, 0.2) is 0 Å². The number of aromatic amines is 1. The van der Waals surface area contributed by atoms with Crippen LogP contribution in [0, 0.1) is 5.92 Å². The van der Waals surface area contributed by atoms with Crippen LogP contribution in [-0.4, -0.2) is 49.5 Å². The lowest BCUT2D eigenvalue weighted by Gasteiger charge is -2.33. The first-order chi connectivity index (χ1) is 19.6. The SMILES string of the molecule is [2H]C([2H])([2H])C([2H])(OC(=O)[C@H](C(C)C)N(Cc1ccc(-c2ccccc2-c2nn[nH]n2)cc1)C(=O)CCCC)C([2H])([2H])[2H]. The van der Waals surface area contributed by atoms with Crippen molar-refractivity contribution in [2.75, 3.05) is 0 Å². The van der Waals surface area contributed by atoms with E-state index in [1.807, 2.05) is 43.3 Å². The van der Waals surface area contributed by atoms with Crippen molar-refractivity contribution in [1.29, 1.82) is 0 Å². The van der Waals surface area contributed by atoms with Crippen LogP contribution < -0.4 is 0 Å². The quantitative estimate of drug-likeness (QED) is 0.383. The number of unbranched alkanes of at least 4 members (excludes halogenated alkanes) is 1. The molecule has 0 aliphatic rings. The summed E-state index contributed by atoms with van der Waals surface area (Å²) in [7, 11) is 0. The number of benzene rings is 2. The summed E-state index contributed by atoms with van der Waals surface area (Å²) in [6.07, 6.45) is -2.11. The molecule has 1 N–H and O–H groups in total. The zero-order chi connectivity index (χ0) is 31.3. The van der Waals surface area contributed by atoms with Crippen molar-refractivity contribution in [3.05, 3.63) is 54.1 Å². The molecule has 2 aromatic carbocycles. The molecular weight excluding hydrogens is 442 g/mol. The number of nitrogens with one attached hydrogen (secondary N) is 1. The van der Waals surface area contributed by atoms with Crippen LogP contribution in [0.15, 0.2) is 48.5 Å². The van der Waals surface area contributed by atoms with Gasteiger partial charge in [-0.3, -0.25) is 4.79 Å². The van der Waals surface area contributed by atoms with E-state index in [0.717, 1.165) is 23.1 Å². The summed E-state index contributed by atoms with van der Waals surface area (Å²) in [5.74, 6) is -1.79. The van der Waals surface area contributed by atoms with E-state index < -0.39 is 37.7 Å². The number of tetrazole rings is 1. The van der Waals surface area contributed by atoms with E-state index in [9.17, 15) is 9.59 Å². The number of hydrogen-bond acceptors (Lipinski definition) is 6. The smallest absolute Gasteiger partial charge is 0.329 e. The van der Waals surface area contributed by atoms with E-state index in [1.165, 1.54) is 4.90 Å². The molecule has 0 aliphatic heterocycles. The fourth-order valence-corrected chi connectivity index (χ4v) is 3.93. The second-order valence-corrected chi connectivity index (χ2v) is 8.54. The number of nitrogens with zero attached hydrogens (tertiary/aromatic N) is 4. The molecule has 35 heavy (non-hydrogen) atoms. The molecule has 3 rings (SSSR count). The molecule has 0 unspecified atom stereocenters. The van der Waals surface area contributed by atoms with Gasteiger partial charge in [0, 0.05) is 26.8 Å². The van der Waals surface area contributed by atoms with E-state index in [1.54, 1.807) is 26.0 Å². The van der Waals surface area contributed by atoms with Crippen molar-refractivity contribution in [1.82, 2.24) is 25.5 Å². The predicted molar refractivity (Wildman–Crippen MR) is 135 cm³/mol. The molecule has 0 radical (unpaired) electrons. The zero-order valence-corrected chi connectivity index (χ0v) is 20.1. The molecule has 0 aliphatic carbocycles. The molecule has 0 spiro atoms. The highest BCUT2D eigenvalue weighted by molar-refractivity contribution is 5.85. The van der Waals surface area contributed by atoms with Crippen molar-refractivity contribution in [2.24, 2.45) is 5.92 Å². The van der Waals surface area contributed by atoms with Crippen molar-refractivity contribution >= 4 is 11.9 Å². The summed E-state index contributed by atoms with van der Waals surface area (Å²) in [6.45, 7) is -1.75. The van der Waals surface area contributed by atoms with E-state index in [-0.39, 0.29) is 18.9 Å². The minimum absolute atomic E-state index is 0.0280. The first-order valence-electron chi connectivity index (χ1n) is 15.0. The number of aromatic nitrogens is 4. The number of esters is 1. The third-order valence-corrected chi connectivity index (χ3v) is 5.61. The van der Waals surface area contributed by atoms with Crippen molar-refractivity contribution in [2.45, 2.75) is 72.4 Å². The minimum atomic E-state index is -3.50. The standard InChI is InChI=1S/C27H35N5O3/c1-6-7-12-24(33)32(25(18(2)3)27(34)35-19(4)5)17-20-13-15-21(16-14-20)22-10-8-9-11-23(22)26-28-30-31-29-26/h8-11,13-16,18-19,25H,6-7,12,17H2,1-5H3,(H,28,29,30,31)/t25-/m0/s1/i4D3,5D3,19D. The van der Waals surface area contributed by atoms with Gasteiger partial charge in [-0.05, 0) is 47.9 Å². The van der Waals surface area contributed by atoms with Crippen LogP contribution in [0.1, 0.15) is 68.9 Å². The Bertz CT molecular complexity index is 1330. The molecule has 0 fully saturated rings. The highest BCUT2D eigenvalue weighted by atomic mass is 16.5. The molecule has 3 aromatic rings. The molecule has 1 atom stereocenters. The minimum Gasteiger partial charge on any atom is -0.461 e. The van der Waals surface area contributed by atoms with Crippen LogP contribution >= 0.6 is 0 Å². The van der Waals surface area contributed by atoms with Gasteiger partial charge in [0.05, 0.1) is 7.45 Å². The van der Waals surface area contributed by atoms with E-state index in [0.29, 0.717) is 17.8 Å². The van der Waals surface area contributed by atoms with E-state index in [2.05, 4.69) is 20.6 Å². The van der Waals surface area contributed by atoms with Gasteiger partial charge in [-0.25, -0.2) is 4.79 Å². The Morgan fingerprint density at radius 3 is 2.43 bits per heavy atom. The highest BCUT2D eigenvalue weighted by Gasteiger charge is 2.34. The average Bonchev–Trinajstić information content (AvgIpc) is 3.45. The van der Waals surface area contributed by atoms with E-state index >= 15 is 0 Å². The molecule has 1 amide bonds. The zero-order valence-electron chi connectivity index (χ0n) is 27.1. The van der Waals surface area contributed by atoms with Gasteiger partial charge < -0.3 is 9.64 Å². The van der Waals surface area contributed by atoms with Gasteiger partial charge >= 0.3 is 5.97 Å². The largest absolute Gasteiger partial charge is 0.461 e. The lowest BCUT2D eigenvalue weighted by atomic mass is 9.97. The molecule has 1 heterocycles. The van der Waals surface area contributed by atoms with Crippen LogP contribution in [0.3, 0.4) is 0 Å². The fourth-order valence-electron chi connectivity index (χ4n) is 3.93. The van der Waals surface area contributed by atoms with Gasteiger partial charge in [-0.1, -0.05) is 75.7 Å². The molecule has 8 nitrogen and oxygen atoms in total. The number of carbonyl (C=O) groups excluding carboxylic acids is 2. The number of H-pyrrole nitrogens is 1. The Kier molecular flexibility index (Phi) is 6.23. The third-order valence-electron chi connectivity index (χ3n) is 5.61. The molecule has 0 saturated heterocycles. The normalized spacial score (nSPS) is 16.1. The second-order valence-electron chi connectivity index (χ2n) is 8.54. The number of rotatable bonds is 11. The molecular formula is C27H35N5O3. The Labute approximate surface area is 216 Å². The Hall–Kier alpha value is -3.55. The Morgan fingerprint density at radius 1 is 1.11 bits per heavy atom. The van der Waals surface area contributed by atoms with Gasteiger partial charge in [0.25, 0.3) is 0 Å². The van der Waals surface area contributed by atoms with Gasteiger partial charge in [0.2, 0.25) is 11.7 Å². The van der Waals surface area contributed by atoms with Crippen LogP contribution in [-0.2, 0) is 20.9 Å². The van der Waals surface area contributed by atoms with Gasteiger partial charge in [-0.2, -0.15) is 5.21 Å². The Balaban J connectivity index is 1.96. The Morgan fingerprint density at radius 2 is 1.83 bits per heavy atom. The summed E-state index contributed by atoms with van der Waals surface area (Å²) < 4.78 is 58.8. The van der Waals surface area contributed by atoms with Crippen LogP contribution in [0.25, 0.3) is 22.5 Å². The molecule has 0 saturated carbocycles. The van der Waals surface area contributed by atoms with Gasteiger partial charge in [-0.15, -0.1) is 10.2 Å². The van der Waals surface area contributed by atoms with Crippen molar-refractivity contribution < 1.29 is 23.9 Å². The summed E-state index contributed by atoms with van der Waals surface area (Å²) in [6, 6.07) is 13.5. The first-order valence-corrected chi connectivity index (χ1v) is 11.5. The maximum absolute atomic E-state index is 13.4. The second kappa shape index (κ2) is 12.2. The fraction of sp³-hybridized carbons (Fsp3) is 0.444. The molecule has 0 bridgehead atoms. The first kappa shape index (κ1) is 17.8. The lowest BCUT2D eigenvalue weighted by molar-refractivity contribution is -0.161. The van der Waals surface area contributed by atoms with E-state index in [4.69, 9.17) is 14.3 Å². The molecule has 1 aromatic heterocycles. The van der Waals surface area contributed by atoms with Gasteiger partial charge in [0.1, 0.15) is 6.04 Å². The topological polar surface area (TPSA) is 101 Å². The summed E-state index contributed by atoms with van der Waals surface area (Å²) in [5, 5.41) is 14.2. The third kappa shape index (κ3) is 6.74.